The molecule has 0 amide bonds. The zero-order chi connectivity index (χ0) is 22.5. The second kappa shape index (κ2) is 9.92. The molecule has 0 radical (unpaired) electrons. The molecule has 3 heterocycles. The van der Waals surface area contributed by atoms with Crippen LogP contribution in [0.1, 0.15) is 12.8 Å². The minimum atomic E-state index is -0.408. The van der Waals surface area contributed by atoms with Crippen molar-refractivity contribution in [3.63, 3.8) is 0 Å². The molecule has 2 aliphatic rings. The molecule has 4 atom stereocenters. The molecule has 1 aliphatic heterocycles. The number of hydrogen-bond donors (Lipinski definition) is 4. The number of fused-ring (bicyclic) bond motifs is 2. The number of nitrogens with one attached hydrogen (secondary N) is 1. The highest BCUT2D eigenvalue weighted by Crippen LogP contribution is 2.39. The largest absolute Gasteiger partial charge is 0.483 e. The molecule has 1 aromatic carbocycles. The predicted octanol–water partition coefficient (Wildman–Crippen LogP) is 1.21. The first kappa shape index (κ1) is 22.0. The summed E-state index contributed by atoms with van der Waals surface area (Å²) in [7, 11) is 0. The fourth-order valence-electron chi connectivity index (χ4n) is 4.94. The summed E-state index contributed by atoms with van der Waals surface area (Å²) < 4.78 is 2.11. The summed E-state index contributed by atoms with van der Waals surface area (Å²) in [5, 5.41) is 30.5. The van der Waals surface area contributed by atoms with Crippen LogP contribution in [0.25, 0.3) is 11.0 Å². The number of aliphatic hydroxyl groups excluding tert-OH is 2. The molecule has 1 aliphatic carbocycles. The minimum absolute atomic E-state index is 0.0239. The van der Waals surface area contributed by atoms with Crippen LogP contribution in [-0.4, -0.2) is 73.2 Å². The van der Waals surface area contributed by atoms with Crippen LogP contribution in [0.3, 0.4) is 0 Å². The second-order valence-corrected chi connectivity index (χ2v) is 8.19. The number of anilines is 2. The fraction of sp³-hybridized carbons (Fsp3) is 0.455. The summed E-state index contributed by atoms with van der Waals surface area (Å²) in [6.07, 6.45) is 6.24. The SMILES string of the molecule is O=CO.OCCn1c(N2C[C@H]3C[C@@H](Nc4cnccn4)[C@H](O)C[C@H]3C2)nc2ccccc21. The molecule has 2 fully saturated rings. The Hall–Kier alpha value is -3.24. The van der Waals surface area contributed by atoms with Gasteiger partial charge in [0, 0.05) is 32.0 Å². The van der Waals surface area contributed by atoms with E-state index in [1.165, 1.54) is 0 Å². The van der Waals surface area contributed by atoms with E-state index in [1.807, 2.05) is 18.2 Å². The van der Waals surface area contributed by atoms with Crippen LogP contribution in [0.2, 0.25) is 0 Å². The van der Waals surface area contributed by atoms with Crippen molar-refractivity contribution < 1.29 is 20.1 Å². The van der Waals surface area contributed by atoms with Gasteiger partial charge in [-0.15, -0.1) is 0 Å². The molecule has 10 heteroatoms. The molecule has 0 bridgehead atoms. The Labute approximate surface area is 185 Å². The van der Waals surface area contributed by atoms with E-state index >= 15 is 0 Å². The van der Waals surface area contributed by atoms with E-state index in [1.54, 1.807) is 18.6 Å². The maximum Gasteiger partial charge on any atom is 0.290 e. The number of benzene rings is 1. The monoisotopic (exact) mass is 440 g/mol. The molecule has 0 unspecified atom stereocenters. The number of hydrogen-bond acceptors (Lipinski definition) is 8. The first-order chi connectivity index (χ1) is 15.6. The summed E-state index contributed by atoms with van der Waals surface area (Å²) in [6.45, 7) is 2.15. The second-order valence-electron chi connectivity index (χ2n) is 8.19. The van der Waals surface area contributed by atoms with Gasteiger partial charge in [-0.1, -0.05) is 12.1 Å². The molecule has 32 heavy (non-hydrogen) atoms. The fourth-order valence-corrected chi connectivity index (χ4v) is 4.94. The third-order valence-corrected chi connectivity index (χ3v) is 6.28. The zero-order valence-corrected chi connectivity index (χ0v) is 17.7. The molecule has 1 saturated heterocycles. The normalized spacial score (nSPS) is 24.5. The Morgan fingerprint density at radius 1 is 1.16 bits per heavy atom. The van der Waals surface area contributed by atoms with E-state index in [0.29, 0.717) is 24.2 Å². The average Bonchev–Trinajstić information content (AvgIpc) is 3.37. The molecule has 2 aromatic heterocycles. The Bertz CT molecular complexity index is 1030. The van der Waals surface area contributed by atoms with E-state index in [4.69, 9.17) is 14.9 Å². The van der Waals surface area contributed by atoms with Gasteiger partial charge in [-0.3, -0.25) is 9.78 Å². The van der Waals surface area contributed by atoms with Gasteiger partial charge < -0.3 is 30.1 Å². The van der Waals surface area contributed by atoms with E-state index in [2.05, 4.69) is 30.8 Å². The lowest BCUT2D eigenvalue weighted by atomic mass is 9.77. The third kappa shape index (κ3) is 4.51. The first-order valence-corrected chi connectivity index (χ1v) is 10.7. The lowest BCUT2D eigenvalue weighted by molar-refractivity contribution is -0.122. The summed E-state index contributed by atoms with van der Waals surface area (Å²) in [4.78, 5) is 23.9. The molecule has 10 nitrogen and oxygen atoms in total. The molecule has 3 aromatic rings. The van der Waals surface area contributed by atoms with Gasteiger partial charge in [0.05, 0.1) is 36.0 Å². The molecule has 4 N–H and O–H groups in total. The maximum atomic E-state index is 10.7. The van der Waals surface area contributed by atoms with Crippen LogP contribution in [0, 0.1) is 11.8 Å². The summed E-state index contributed by atoms with van der Waals surface area (Å²) in [6, 6.07) is 8.04. The smallest absolute Gasteiger partial charge is 0.290 e. The number of para-hydroxylation sites is 2. The van der Waals surface area contributed by atoms with Crippen LogP contribution in [0.4, 0.5) is 11.8 Å². The summed E-state index contributed by atoms with van der Waals surface area (Å²) in [5.41, 5.74) is 2.00. The van der Waals surface area contributed by atoms with Gasteiger partial charge in [0.25, 0.3) is 6.47 Å². The van der Waals surface area contributed by atoms with Crippen LogP contribution < -0.4 is 10.2 Å². The van der Waals surface area contributed by atoms with E-state index in [9.17, 15) is 10.2 Å². The molecule has 1 saturated carbocycles. The molecular formula is C22H28N6O4. The predicted molar refractivity (Wildman–Crippen MR) is 119 cm³/mol. The van der Waals surface area contributed by atoms with Crippen molar-refractivity contribution in [2.45, 2.75) is 31.5 Å². The highest BCUT2D eigenvalue weighted by molar-refractivity contribution is 5.79. The number of imidazole rings is 1. The van der Waals surface area contributed by atoms with Crippen LogP contribution >= 0.6 is 0 Å². The Morgan fingerprint density at radius 3 is 2.62 bits per heavy atom. The number of nitrogens with zero attached hydrogens (tertiary/aromatic N) is 5. The van der Waals surface area contributed by atoms with Gasteiger partial charge in [0.2, 0.25) is 5.95 Å². The van der Waals surface area contributed by atoms with E-state index in [-0.39, 0.29) is 19.1 Å². The van der Waals surface area contributed by atoms with E-state index in [0.717, 1.165) is 42.9 Å². The van der Waals surface area contributed by atoms with Gasteiger partial charge in [0.15, 0.2) is 0 Å². The number of rotatable bonds is 5. The van der Waals surface area contributed by atoms with Crippen LogP contribution in [-0.2, 0) is 11.3 Å². The van der Waals surface area contributed by atoms with Crippen molar-refractivity contribution in [1.29, 1.82) is 0 Å². The molecule has 5 rings (SSSR count). The zero-order valence-electron chi connectivity index (χ0n) is 17.7. The molecule has 0 spiro atoms. The van der Waals surface area contributed by atoms with Crippen LogP contribution in [0.5, 0.6) is 0 Å². The summed E-state index contributed by atoms with van der Waals surface area (Å²) >= 11 is 0. The average molecular weight is 441 g/mol. The van der Waals surface area contributed by atoms with Gasteiger partial charge in [-0.05, 0) is 36.8 Å². The Kier molecular flexibility index (Phi) is 6.81. The summed E-state index contributed by atoms with van der Waals surface area (Å²) in [5.74, 6) is 2.54. The number of carbonyl (C=O) groups is 1. The van der Waals surface area contributed by atoms with Gasteiger partial charge in [-0.25, -0.2) is 9.97 Å². The van der Waals surface area contributed by atoms with E-state index < -0.39 is 6.10 Å². The molecular weight excluding hydrogens is 412 g/mol. The van der Waals surface area contributed by atoms with Crippen molar-refractivity contribution in [2.75, 3.05) is 29.9 Å². The highest BCUT2D eigenvalue weighted by Gasteiger charge is 2.43. The van der Waals surface area contributed by atoms with Gasteiger partial charge in [0.1, 0.15) is 5.82 Å². The maximum absolute atomic E-state index is 10.7. The quantitative estimate of drug-likeness (QED) is 0.431. The van der Waals surface area contributed by atoms with Gasteiger partial charge in [-0.2, -0.15) is 0 Å². The van der Waals surface area contributed by atoms with Crippen molar-refractivity contribution in [1.82, 2.24) is 19.5 Å². The first-order valence-electron chi connectivity index (χ1n) is 10.7. The number of aliphatic hydroxyl groups is 2. The van der Waals surface area contributed by atoms with Crippen LogP contribution in [0.15, 0.2) is 42.9 Å². The number of carboxylic acid groups (broad SMARTS) is 1. The highest BCUT2D eigenvalue weighted by atomic mass is 16.3. The Balaban J connectivity index is 0.000000775. The van der Waals surface area contributed by atoms with Crippen molar-refractivity contribution in [3.05, 3.63) is 42.9 Å². The van der Waals surface area contributed by atoms with Crippen molar-refractivity contribution in [2.24, 2.45) is 11.8 Å². The topological polar surface area (TPSA) is 137 Å². The third-order valence-electron chi connectivity index (χ3n) is 6.28. The lowest BCUT2D eigenvalue weighted by Crippen LogP contribution is -2.43. The van der Waals surface area contributed by atoms with Crippen molar-refractivity contribution in [3.8, 4) is 0 Å². The lowest BCUT2D eigenvalue weighted by Gasteiger charge is -2.35. The van der Waals surface area contributed by atoms with Crippen molar-refractivity contribution >= 4 is 29.3 Å². The standard InChI is InChI=1S/C21H26N6O2.CH2O2/c28-8-7-27-18-4-2-1-3-16(18)25-21(27)26-12-14-9-17(19(29)10-15(14)13-26)24-20-11-22-5-6-23-20;2-1-3/h1-6,11,14-15,17,19,28-29H,7-10,12-13H2,(H,23,24);1H,(H,2,3)/t14-,15+,17-,19-;/m1./s1. The Morgan fingerprint density at radius 2 is 1.91 bits per heavy atom. The molecule has 170 valence electrons. The van der Waals surface area contributed by atoms with Gasteiger partial charge >= 0.3 is 0 Å². The minimum Gasteiger partial charge on any atom is -0.483 e. The number of aromatic nitrogens is 4.